The first-order chi connectivity index (χ1) is 8.08. The molecule has 1 rings (SSSR count). The molecule has 1 aromatic rings. The van der Waals surface area contributed by atoms with Gasteiger partial charge in [0, 0.05) is 4.88 Å². The second-order valence-corrected chi connectivity index (χ2v) is 5.27. The van der Waals surface area contributed by atoms with Crippen LogP contribution in [0.15, 0.2) is 0 Å². The Kier molecular flexibility index (Phi) is 8.15. The van der Waals surface area contributed by atoms with E-state index in [1.165, 1.54) is 0 Å². The van der Waals surface area contributed by atoms with E-state index in [1.807, 2.05) is 13.8 Å². The second kappa shape index (κ2) is 8.45. The van der Waals surface area contributed by atoms with Gasteiger partial charge in [-0.2, -0.15) is 0 Å². The number of nitrogens with two attached hydrogens (primary N) is 1. The van der Waals surface area contributed by atoms with Crippen LogP contribution in [0.2, 0.25) is 0 Å². The van der Waals surface area contributed by atoms with Gasteiger partial charge in [0.25, 0.3) is 0 Å². The summed E-state index contributed by atoms with van der Waals surface area (Å²) in [6.07, 6.45) is 2.77. The van der Waals surface area contributed by atoms with Crippen LogP contribution in [0.3, 0.4) is 0 Å². The predicted molar refractivity (Wildman–Crippen MR) is 78.2 cm³/mol. The summed E-state index contributed by atoms with van der Waals surface area (Å²) >= 11 is 1.68. The largest absolute Gasteiger partial charge is 0.350 e. The predicted octanol–water partition coefficient (Wildman–Crippen LogP) is 2.18. The van der Waals surface area contributed by atoms with Crippen molar-refractivity contribution in [1.82, 2.24) is 10.3 Å². The van der Waals surface area contributed by atoms with Crippen molar-refractivity contribution in [2.75, 3.05) is 0 Å². The molecule has 0 aliphatic carbocycles. The summed E-state index contributed by atoms with van der Waals surface area (Å²) in [7, 11) is 0. The van der Waals surface area contributed by atoms with E-state index in [1.54, 1.807) is 11.3 Å². The number of hydrogen-bond donors (Lipinski definition) is 2. The minimum absolute atomic E-state index is 0. The lowest BCUT2D eigenvalue weighted by molar-refractivity contribution is -0.122. The van der Waals surface area contributed by atoms with Gasteiger partial charge < -0.3 is 11.1 Å². The Morgan fingerprint density at radius 3 is 2.72 bits per heavy atom. The van der Waals surface area contributed by atoms with Crippen LogP contribution in [0.1, 0.15) is 42.3 Å². The molecule has 0 bridgehead atoms. The van der Waals surface area contributed by atoms with Crippen LogP contribution in [0.25, 0.3) is 0 Å². The van der Waals surface area contributed by atoms with Crippen LogP contribution in [-0.2, 0) is 17.8 Å². The standard InChI is InChI=1S/C12H21N3OS.ClH/c1-4-6-11-15-8(3)10(17-11)7-14-12(16)9(13)5-2;/h9H,4-7,13H2,1-3H3,(H,14,16);1H/t9-;/m0./s1. The minimum atomic E-state index is -0.404. The molecule has 0 aliphatic heterocycles. The molecular formula is C12H22ClN3OS. The summed E-state index contributed by atoms with van der Waals surface area (Å²) in [6, 6.07) is -0.404. The van der Waals surface area contributed by atoms with Crippen LogP contribution in [-0.4, -0.2) is 16.9 Å². The van der Waals surface area contributed by atoms with E-state index in [2.05, 4.69) is 17.2 Å². The second-order valence-electron chi connectivity index (χ2n) is 4.10. The fraction of sp³-hybridized carbons (Fsp3) is 0.667. The zero-order valence-corrected chi connectivity index (χ0v) is 12.8. The first-order valence-corrected chi connectivity index (χ1v) is 6.88. The fourth-order valence-electron chi connectivity index (χ4n) is 1.46. The molecule has 3 N–H and O–H groups in total. The van der Waals surface area contributed by atoms with Crippen LogP contribution in [0.5, 0.6) is 0 Å². The van der Waals surface area contributed by atoms with Gasteiger partial charge in [0.15, 0.2) is 0 Å². The van der Waals surface area contributed by atoms with Crippen LogP contribution in [0.4, 0.5) is 0 Å². The molecule has 1 amide bonds. The molecule has 18 heavy (non-hydrogen) atoms. The highest BCUT2D eigenvalue weighted by Gasteiger charge is 2.12. The quantitative estimate of drug-likeness (QED) is 0.844. The number of thiazole rings is 1. The smallest absolute Gasteiger partial charge is 0.237 e. The van der Waals surface area contributed by atoms with Gasteiger partial charge in [-0.25, -0.2) is 4.98 Å². The van der Waals surface area contributed by atoms with E-state index in [0.29, 0.717) is 13.0 Å². The first-order valence-electron chi connectivity index (χ1n) is 6.06. The maximum absolute atomic E-state index is 11.5. The number of hydrogen-bond acceptors (Lipinski definition) is 4. The maximum Gasteiger partial charge on any atom is 0.237 e. The molecule has 0 spiro atoms. The van der Waals surface area contributed by atoms with Gasteiger partial charge >= 0.3 is 0 Å². The molecule has 1 aromatic heterocycles. The van der Waals surface area contributed by atoms with Gasteiger partial charge in [-0.3, -0.25) is 4.79 Å². The van der Waals surface area contributed by atoms with E-state index < -0.39 is 6.04 Å². The van der Waals surface area contributed by atoms with Crippen LogP contribution >= 0.6 is 23.7 Å². The summed E-state index contributed by atoms with van der Waals surface area (Å²) in [4.78, 5) is 17.1. The van der Waals surface area contributed by atoms with Gasteiger partial charge in [0.1, 0.15) is 0 Å². The van der Waals surface area contributed by atoms with Crippen molar-refractivity contribution in [2.24, 2.45) is 5.73 Å². The van der Waals surface area contributed by atoms with Crippen molar-refractivity contribution in [1.29, 1.82) is 0 Å². The van der Waals surface area contributed by atoms with Gasteiger partial charge in [-0.15, -0.1) is 23.7 Å². The SMILES string of the molecule is CCCc1nc(C)c(CNC(=O)[C@@H](N)CC)s1.Cl. The zero-order valence-electron chi connectivity index (χ0n) is 11.2. The monoisotopic (exact) mass is 291 g/mol. The third-order valence-corrected chi connectivity index (χ3v) is 3.82. The summed E-state index contributed by atoms with van der Waals surface area (Å²) in [5, 5.41) is 4.00. The highest BCUT2D eigenvalue weighted by atomic mass is 35.5. The first kappa shape index (κ1) is 17.4. The number of rotatable bonds is 6. The Morgan fingerprint density at radius 1 is 1.50 bits per heavy atom. The van der Waals surface area contributed by atoms with E-state index in [4.69, 9.17) is 5.73 Å². The number of carbonyl (C=O) groups is 1. The molecule has 0 unspecified atom stereocenters. The lowest BCUT2D eigenvalue weighted by Crippen LogP contribution is -2.39. The average Bonchev–Trinajstić information content (AvgIpc) is 2.66. The number of aryl methyl sites for hydroxylation is 2. The Balaban J connectivity index is 0.00000289. The summed E-state index contributed by atoms with van der Waals surface area (Å²) < 4.78 is 0. The molecule has 104 valence electrons. The lowest BCUT2D eigenvalue weighted by Gasteiger charge is -2.08. The molecule has 0 aromatic carbocycles. The van der Waals surface area contributed by atoms with Crippen LogP contribution < -0.4 is 11.1 Å². The van der Waals surface area contributed by atoms with Crippen molar-refractivity contribution >= 4 is 29.7 Å². The molecule has 0 fully saturated rings. The van der Waals surface area contributed by atoms with E-state index in [9.17, 15) is 4.79 Å². The van der Waals surface area contributed by atoms with Crippen molar-refractivity contribution in [3.8, 4) is 0 Å². The molecule has 1 atom stereocenters. The molecule has 0 saturated carbocycles. The number of nitrogens with one attached hydrogen (secondary N) is 1. The number of carbonyl (C=O) groups excluding carboxylic acids is 1. The van der Waals surface area contributed by atoms with E-state index >= 15 is 0 Å². The summed E-state index contributed by atoms with van der Waals surface area (Å²) in [5.74, 6) is -0.0858. The highest BCUT2D eigenvalue weighted by molar-refractivity contribution is 7.11. The molecular weight excluding hydrogens is 270 g/mol. The third kappa shape index (κ3) is 4.92. The molecule has 0 saturated heterocycles. The zero-order chi connectivity index (χ0) is 12.8. The van der Waals surface area contributed by atoms with Crippen molar-refractivity contribution in [3.63, 3.8) is 0 Å². The van der Waals surface area contributed by atoms with Crippen LogP contribution in [0, 0.1) is 6.92 Å². The van der Waals surface area contributed by atoms with Gasteiger partial charge in [0.2, 0.25) is 5.91 Å². The number of nitrogens with zero attached hydrogens (tertiary/aromatic N) is 1. The Hall–Kier alpha value is -0.650. The summed E-state index contributed by atoms with van der Waals surface area (Å²) in [5.41, 5.74) is 6.66. The maximum atomic E-state index is 11.5. The topological polar surface area (TPSA) is 68.0 Å². The number of amides is 1. The van der Waals surface area contributed by atoms with Crippen molar-refractivity contribution < 1.29 is 4.79 Å². The summed E-state index contributed by atoms with van der Waals surface area (Å²) in [6.45, 7) is 6.57. The third-order valence-electron chi connectivity index (χ3n) is 2.60. The van der Waals surface area contributed by atoms with Gasteiger partial charge in [-0.1, -0.05) is 13.8 Å². The Labute approximate surface area is 119 Å². The number of halogens is 1. The number of aromatic nitrogens is 1. The Morgan fingerprint density at radius 2 is 2.17 bits per heavy atom. The van der Waals surface area contributed by atoms with Gasteiger partial charge in [-0.05, 0) is 26.2 Å². The normalized spacial score (nSPS) is 11.8. The molecule has 0 aliphatic rings. The van der Waals surface area contributed by atoms with E-state index in [0.717, 1.165) is 28.4 Å². The minimum Gasteiger partial charge on any atom is -0.350 e. The molecule has 4 nitrogen and oxygen atoms in total. The molecule has 1 heterocycles. The lowest BCUT2D eigenvalue weighted by atomic mass is 10.2. The Bertz CT molecular complexity index is 381. The highest BCUT2D eigenvalue weighted by Crippen LogP contribution is 2.19. The average molecular weight is 292 g/mol. The van der Waals surface area contributed by atoms with E-state index in [-0.39, 0.29) is 18.3 Å². The van der Waals surface area contributed by atoms with Gasteiger partial charge in [0.05, 0.1) is 23.3 Å². The fourth-order valence-corrected chi connectivity index (χ4v) is 2.57. The molecule has 6 heteroatoms. The van der Waals surface area contributed by atoms with Crippen molar-refractivity contribution in [2.45, 2.75) is 52.6 Å². The van der Waals surface area contributed by atoms with Crippen molar-refractivity contribution in [3.05, 3.63) is 15.6 Å². The molecule has 0 radical (unpaired) electrons.